The molecule has 0 saturated carbocycles. The minimum atomic E-state index is -0.0969. The number of aromatic nitrogens is 1. The van der Waals surface area contributed by atoms with Gasteiger partial charge in [-0.3, -0.25) is 4.79 Å². The van der Waals surface area contributed by atoms with Gasteiger partial charge < -0.3 is 9.80 Å². The van der Waals surface area contributed by atoms with Crippen molar-refractivity contribution in [1.29, 1.82) is 0 Å². The van der Waals surface area contributed by atoms with Crippen LogP contribution in [-0.2, 0) is 0 Å². The van der Waals surface area contributed by atoms with Gasteiger partial charge in [-0.2, -0.15) is 0 Å². The fourth-order valence-corrected chi connectivity index (χ4v) is 3.16. The van der Waals surface area contributed by atoms with Gasteiger partial charge in [0, 0.05) is 24.5 Å². The summed E-state index contributed by atoms with van der Waals surface area (Å²) in [6.45, 7) is 2.00. The largest absolute Gasteiger partial charge is 0.347 e. The summed E-state index contributed by atoms with van der Waals surface area (Å²) in [5, 5.41) is 2.74. The number of Topliss-reactive ketones (excluding diaryl/α,β-unsaturated/α-hetero) is 1. The van der Waals surface area contributed by atoms with Crippen molar-refractivity contribution in [3.05, 3.63) is 11.1 Å². The predicted molar refractivity (Wildman–Crippen MR) is 76.1 cm³/mol. The Bertz CT molecular complexity index is 421. The average molecular weight is 288 g/mol. The second-order valence-corrected chi connectivity index (χ2v) is 5.88. The number of likely N-dealkylation sites (N-methyl/N-ethyl adjacent to an activating group) is 1. The lowest BCUT2D eigenvalue weighted by molar-refractivity contribution is 0.101. The zero-order valence-corrected chi connectivity index (χ0v) is 12.3. The highest BCUT2D eigenvalue weighted by atomic mass is 35.5. The Balaban J connectivity index is 2.07. The van der Waals surface area contributed by atoms with Crippen molar-refractivity contribution in [2.75, 3.05) is 38.0 Å². The van der Waals surface area contributed by atoms with Gasteiger partial charge in [-0.25, -0.2) is 4.98 Å². The number of ketones is 1. The number of nitrogens with zero attached hydrogens (tertiary/aromatic N) is 3. The molecule has 0 bridgehead atoms. The Kier molecular flexibility index (Phi) is 4.59. The third-order valence-corrected chi connectivity index (χ3v) is 4.44. The van der Waals surface area contributed by atoms with Crippen LogP contribution in [0.15, 0.2) is 5.38 Å². The summed E-state index contributed by atoms with van der Waals surface area (Å²) >= 11 is 7.07. The number of alkyl halides is 1. The molecule has 1 atom stereocenters. The molecule has 0 spiro atoms. The molecule has 0 aromatic carbocycles. The van der Waals surface area contributed by atoms with Crippen LogP contribution in [0.3, 0.4) is 0 Å². The molecule has 0 radical (unpaired) electrons. The SMILES string of the molecule is CN(C)C1CCCN(c2nc(C(=O)CCl)cs2)C1. The molecular weight excluding hydrogens is 270 g/mol. The minimum Gasteiger partial charge on any atom is -0.347 e. The third kappa shape index (κ3) is 3.02. The van der Waals surface area contributed by atoms with E-state index in [4.69, 9.17) is 11.6 Å². The van der Waals surface area contributed by atoms with Gasteiger partial charge in [-0.15, -0.1) is 22.9 Å². The van der Waals surface area contributed by atoms with Gasteiger partial charge in [-0.1, -0.05) is 0 Å². The molecular formula is C12H18ClN3OS. The molecule has 18 heavy (non-hydrogen) atoms. The fraction of sp³-hybridized carbons (Fsp3) is 0.667. The van der Waals surface area contributed by atoms with Crippen LogP contribution in [0.4, 0.5) is 5.13 Å². The first kappa shape index (κ1) is 13.8. The Labute approximate surface area is 117 Å². The van der Waals surface area contributed by atoms with Crippen molar-refractivity contribution in [3.8, 4) is 0 Å². The van der Waals surface area contributed by atoms with Crippen molar-refractivity contribution in [2.45, 2.75) is 18.9 Å². The summed E-state index contributed by atoms with van der Waals surface area (Å²) in [7, 11) is 4.22. The van der Waals surface area contributed by atoms with Gasteiger partial charge >= 0.3 is 0 Å². The quantitative estimate of drug-likeness (QED) is 0.628. The van der Waals surface area contributed by atoms with E-state index in [9.17, 15) is 4.79 Å². The number of carbonyl (C=O) groups excluding carboxylic acids is 1. The van der Waals surface area contributed by atoms with E-state index in [1.165, 1.54) is 24.2 Å². The maximum atomic E-state index is 11.5. The second-order valence-electron chi connectivity index (χ2n) is 4.78. The molecule has 1 aliphatic heterocycles. The molecule has 100 valence electrons. The lowest BCUT2D eigenvalue weighted by Crippen LogP contribution is -2.45. The molecule has 1 saturated heterocycles. The number of hydrogen-bond donors (Lipinski definition) is 0. The summed E-state index contributed by atoms with van der Waals surface area (Å²) in [4.78, 5) is 20.4. The highest BCUT2D eigenvalue weighted by molar-refractivity contribution is 7.14. The summed E-state index contributed by atoms with van der Waals surface area (Å²) in [5.74, 6) is -0.0934. The van der Waals surface area contributed by atoms with Crippen LogP contribution in [-0.4, -0.2) is 54.8 Å². The molecule has 1 aromatic heterocycles. The standard InChI is InChI=1S/C12H18ClN3OS/c1-15(2)9-4-3-5-16(7-9)12-14-10(8-18-12)11(17)6-13/h8-9H,3-7H2,1-2H3. The smallest absolute Gasteiger partial charge is 0.196 e. The summed E-state index contributed by atoms with van der Waals surface area (Å²) in [6, 6.07) is 0.565. The zero-order chi connectivity index (χ0) is 13.1. The molecule has 1 aliphatic rings. The van der Waals surface area contributed by atoms with Crippen LogP contribution < -0.4 is 4.90 Å². The van der Waals surface area contributed by atoms with Gasteiger partial charge in [0.25, 0.3) is 0 Å². The first-order valence-electron chi connectivity index (χ1n) is 6.08. The van der Waals surface area contributed by atoms with Gasteiger partial charge in [-0.05, 0) is 26.9 Å². The van der Waals surface area contributed by atoms with E-state index in [-0.39, 0.29) is 11.7 Å². The molecule has 2 rings (SSSR count). The van der Waals surface area contributed by atoms with Crippen LogP contribution in [0.2, 0.25) is 0 Å². The molecule has 1 fully saturated rings. The normalized spacial score (nSPS) is 20.4. The molecule has 0 amide bonds. The predicted octanol–water partition coefficient (Wildman–Crippen LogP) is 2.09. The van der Waals surface area contributed by atoms with E-state index < -0.39 is 0 Å². The van der Waals surface area contributed by atoms with Crippen molar-refractivity contribution >= 4 is 33.9 Å². The molecule has 1 aromatic rings. The van der Waals surface area contributed by atoms with E-state index >= 15 is 0 Å². The van der Waals surface area contributed by atoms with E-state index in [1.54, 1.807) is 5.38 Å². The number of carbonyl (C=O) groups is 1. The first-order valence-corrected chi connectivity index (χ1v) is 7.49. The van der Waals surface area contributed by atoms with E-state index in [1.807, 2.05) is 0 Å². The average Bonchev–Trinajstić information content (AvgIpc) is 2.87. The van der Waals surface area contributed by atoms with Crippen LogP contribution >= 0.6 is 22.9 Å². The van der Waals surface area contributed by atoms with Crippen LogP contribution in [0.1, 0.15) is 23.3 Å². The molecule has 4 nitrogen and oxygen atoms in total. The summed E-state index contributed by atoms with van der Waals surface area (Å²) < 4.78 is 0. The monoisotopic (exact) mass is 287 g/mol. The Morgan fingerprint density at radius 2 is 2.44 bits per heavy atom. The van der Waals surface area contributed by atoms with Gasteiger partial charge in [0.2, 0.25) is 0 Å². The highest BCUT2D eigenvalue weighted by Gasteiger charge is 2.23. The van der Waals surface area contributed by atoms with Gasteiger partial charge in [0.1, 0.15) is 5.69 Å². The Morgan fingerprint density at radius 1 is 1.67 bits per heavy atom. The zero-order valence-electron chi connectivity index (χ0n) is 10.7. The van der Waals surface area contributed by atoms with Crippen molar-refractivity contribution in [2.24, 2.45) is 0 Å². The van der Waals surface area contributed by atoms with Crippen molar-refractivity contribution in [3.63, 3.8) is 0 Å². The summed E-state index contributed by atoms with van der Waals surface area (Å²) in [6.07, 6.45) is 2.39. The second kappa shape index (κ2) is 5.99. The molecule has 6 heteroatoms. The fourth-order valence-electron chi connectivity index (χ4n) is 2.16. The number of hydrogen-bond acceptors (Lipinski definition) is 5. The van der Waals surface area contributed by atoms with E-state index in [0.717, 1.165) is 18.2 Å². The topological polar surface area (TPSA) is 36.4 Å². The van der Waals surface area contributed by atoms with Crippen LogP contribution in [0.5, 0.6) is 0 Å². The van der Waals surface area contributed by atoms with Crippen molar-refractivity contribution < 1.29 is 4.79 Å². The molecule has 2 heterocycles. The first-order chi connectivity index (χ1) is 8.61. The number of rotatable bonds is 4. The van der Waals surface area contributed by atoms with E-state index in [2.05, 4.69) is 28.9 Å². The van der Waals surface area contributed by atoms with Crippen LogP contribution in [0, 0.1) is 0 Å². The maximum Gasteiger partial charge on any atom is 0.196 e. The summed E-state index contributed by atoms with van der Waals surface area (Å²) in [5.41, 5.74) is 0.497. The maximum absolute atomic E-state index is 11.5. The number of anilines is 1. The number of halogens is 1. The van der Waals surface area contributed by atoms with E-state index in [0.29, 0.717) is 11.7 Å². The molecule has 0 N–H and O–H groups in total. The molecule has 0 aliphatic carbocycles. The highest BCUT2D eigenvalue weighted by Crippen LogP contribution is 2.25. The lowest BCUT2D eigenvalue weighted by atomic mass is 10.1. The minimum absolute atomic E-state index is 0.00347. The van der Waals surface area contributed by atoms with Gasteiger partial charge in [0.05, 0.1) is 5.88 Å². The third-order valence-electron chi connectivity index (χ3n) is 3.30. The Hall–Kier alpha value is -0.650. The van der Waals surface area contributed by atoms with Crippen molar-refractivity contribution in [1.82, 2.24) is 9.88 Å². The number of piperidine rings is 1. The van der Waals surface area contributed by atoms with Crippen LogP contribution in [0.25, 0.3) is 0 Å². The molecule has 1 unspecified atom stereocenters. The number of thiazole rings is 1. The van der Waals surface area contributed by atoms with Gasteiger partial charge in [0.15, 0.2) is 10.9 Å². The lowest BCUT2D eigenvalue weighted by Gasteiger charge is -2.35. The Morgan fingerprint density at radius 3 is 3.11 bits per heavy atom.